The summed E-state index contributed by atoms with van der Waals surface area (Å²) in [6.45, 7) is 0.515. The van der Waals surface area contributed by atoms with Gasteiger partial charge in [-0.25, -0.2) is 9.98 Å². The van der Waals surface area contributed by atoms with Gasteiger partial charge in [-0.1, -0.05) is 6.07 Å². The summed E-state index contributed by atoms with van der Waals surface area (Å²) >= 11 is 0. The van der Waals surface area contributed by atoms with E-state index in [1.807, 2.05) is 12.1 Å². The molecular formula is C15H22N4O. The molecule has 0 bridgehead atoms. The molecule has 0 atom stereocenters. The quantitative estimate of drug-likeness (QED) is 0.636. The van der Waals surface area contributed by atoms with Crippen LogP contribution < -0.4 is 15.8 Å². The third-order valence-corrected chi connectivity index (χ3v) is 3.78. The number of hydrogen-bond donors (Lipinski definition) is 2. The van der Waals surface area contributed by atoms with Gasteiger partial charge in [0.05, 0.1) is 6.54 Å². The molecule has 108 valence electrons. The highest BCUT2D eigenvalue weighted by atomic mass is 16.5. The molecule has 0 unspecified atom stereocenters. The van der Waals surface area contributed by atoms with Crippen LogP contribution in [0.1, 0.15) is 44.1 Å². The summed E-state index contributed by atoms with van der Waals surface area (Å²) in [5, 5.41) is 3.18. The van der Waals surface area contributed by atoms with Crippen molar-refractivity contribution < 1.29 is 4.74 Å². The zero-order valence-corrected chi connectivity index (χ0v) is 11.7. The van der Waals surface area contributed by atoms with Crippen LogP contribution in [0.15, 0.2) is 23.3 Å². The van der Waals surface area contributed by atoms with E-state index < -0.39 is 0 Å². The summed E-state index contributed by atoms with van der Waals surface area (Å²) < 4.78 is 5.99. The van der Waals surface area contributed by atoms with E-state index in [2.05, 4.69) is 15.3 Å². The lowest BCUT2D eigenvalue weighted by atomic mass is 10.2. The molecule has 5 heteroatoms. The topological polar surface area (TPSA) is 72.5 Å². The summed E-state index contributed by atoms with van der Waals surface area (Å²) in [5.41, 5.74) is 6.85. The van der Waals surface area contributed by atoms with Crippen molar-refractivity contribution in [2.45, 2.75) is 57.2 Å². The van der Waals surface area contributed by atoms with Crippen molar-refractivity contribution in [1.29, 1.82) is 0 Å². The zero-order chi connectivity index (χ0) is 13.8. The third kappa shape index (κ3) is 3.62. The first kappa shape index (κ1) is 13.2. The number of hydrogen-bond acceptors (Lipinski definition) is 3. The fourth-order valence-corrected chi connectivity index (χ4v) is 2.47. The van der Waals surface area contributed by atoms with Crippen LogP contribution in [0.3, 0.4) is 0 Å². The maximum absolute atomic E-state index is 5.99. The largest absolute Gasteiger partial charge is 0.474 e. The fourth-order valence-electron chi connectivity index (χ4n) is 2.47. The second-order valence-electron chi connectivity index (χ2n) is 5.61. The lowest BCUT2D eigenvalue weighted by Crippen LogP contribution is -2.33. The smallest absolute Gasteiger partial charge is 0.218 e. The van der Waals surface area contributed by atoms with Gasteiger partial charge in [0.25, 0.3) is 0 Å². The maximum atomic E-state index is 5.99. The van der Waals surface area contributed by atoms with Crippen molar-refractivity contribution in [1.82, 2.24) is 10.3 Å². The number of pyridine rings is 1. The molecule has 2 aliphatic carbocycles. The molecule has 0 radical (unpaired) electrons. The second kappa shape index (κ2) is 6.11. The summed E-state index contributed by atoms with van der Waals surface area (Å²) in [7, 11) is 0. The Kier molecular flexibility index (Phi) is 4.04. The van der Waals surface area contributed by atoms with Gasteiger partial charge in [-0.15, -0.1) is 0 Å². The first-order chi connectivity index (χ1) is 9.81. The highest BCUT2D eigenvalue weighted by Crippen LogP contribution is 2.25. The molecule has 0 spiro atoms. The average molecular weight is 274 g/mol. The molecule has 3 N–H and O–H groups in total. The number of aromatic nitrogens is 1. The second-order valence-corrected chi connectivity index (χ2v) is 5.61. The predicted molar refractivity (Wildman–Crippen MR) is 78.6 cm³/mol. The van der Waals surface area contributed by atoms with Gasteiger partial charge in [-0.3, -0.25) is 0 Å². The highest BCUT2D eigenvalue weighted by molar-refractivity contribution is 5.78. The first-order valence-corrected chi connectivity index (χ1v) is 7.48. The van der Waals surface area contributed by atoms with E-state index in [-0.39, 0.29) is 0 Å². The Bertz CT molecular complexity index is 479. The molecule has 1 aromatic rings. The van der Waals surface area contributed by atoms with Crippen LogP contribution in [0.25, 0.3) is 0 Å². The van der Waals surface area contributed by atoms with E-state index >= 15 is 0 Å². The Morgan fingerprint density at radius 3 is 2.90 bits per heavy atom. The van der Waals surface area contributed by atoms with Gasteiger partial charge < -0.3 is 15.8 Å². The third-order valence-electron chi connectivity index (χ3n) is 3.78. The summed E-state index contributed by atoms with van der Waals surface area (Å²) in [6, 6.07) is 4.45. The zero-order valence-electron chi connectivity index (χ0n) is 11.7. The Labute approximate surface area is 119 Å². The molecule has 2 aliphatic rings. The molecule has 3 rings (SSSR count). The number of nitrogens with zero attached hydrogens (tertiary/aromatic N) is 2. The summed E-state index contributed by atoms with van der Waals surface area (Å²) in [4.78, 5) is 8.71. The van der Waals surface area contributed by atoms with Crippen molar-refractivity contribution in [3.05, 3.63) is 23.9 Å². The number of aliphatic imine (C=N–C) groups is 1. The molecule has 20 heavy (non-hydrogen) atoms. The molecular weight excluding hydrogens is 252 g/mol. The molecule has 1 aromatic heterocycles. The average Bonchev–Trinajstić information content (AvgIpc) is 3.11. The minimum atomic E-state index is 0.314. The molecule has 0 aromatic carbocycles. The number of guanidine groups is 1. The molecule has 0 saturated heterocycles. The van der Waals surface area contributed by atoms with Crippen molar-refractivity contribution >= 4 is 5.96 Å². The summed E-state index contributed by atoms with van der Waals surface area (Å²) in [6.07, 6.45) is 9.23. The normalized spacial score (nSPS) is 20.1. The van der Waals surface area contributed by atoms with Gasteiger partial charge in [0.1, 0.15) is 6.10 Å². The molecule has 1 heterocycles. The lowest BCUT2D eigenvalue weighted by Gasteiger charge is -2.14. The first-order valence-electron chi connectivity index (χ1n) is 7.48. The Morgan fingerprint density at radius 2 is 2.15 bits per heavy atom. The van der Waals surface area contributed by atoms with Gasteiger partial charge in [0.15, 0.2) is 5.96 Å². The molecule has 2 fully saturated rings. The number of ether oxygens (including phenoxy) is 1. The van der Waals surface area contributed by atoms with E-state index in [1.54, 1.807) is 6.20 Å². The van der Waals surface area contributed by atoms with Crippen LogP contribution >= 0.6 is 0 Å². The van der Waals surface area contributed by atoms with E-state index in [0.717, 1.165) is 18.4 Å². The van der Waals surface area contributed by atoms with Crippen molar-refractivity contribution in [3.8, 4) is 5.88 Å². The van der Waals surface area contributed by atoms with Crippen molar-refractivity contribution in [2.75, 3.05) is 0 Å². The van der Waals surface area contributed by atoms with Crippen LogP contribution in [-0.4, -0.2) is 23.1 Å². The molecule has 0 aliphatic heterocycles. The van der Waals surface area contributed by atoms with E-state index in [0.29, 0.717) is 30.5 Å². The highest BCUT2D eigenvalue weighted by Gasteiger charge is 2.21. The SMILES string of the molecule is NC(=NCc1cccnc1OC1CCCC1)NC1CC1. The van der Waals surface area contributed by atoms with Gasteiger partial charge in [0, 0.05) is 17.8 Å². The Hall–Kier alpha value is -1.78. The minimum Gasteiger partial charge on any atom is -0.474 e. The van der Waals surface area contributed by atoms with Crippen LogP contribution in [0.5, 0.6) is 5.88 Å². The van der Waals surface area contributed by atoms with Crippen LogP contribution in [0.4, 0.5) is 0 Å². The van der Waals surface area contributed by atoms with Gasteiger partial charge in [0.2, 0.25) is 5.88 Å². The lowest BCUT2D eigenvalue weighted by molar-refractivity contribution is 0.199. The number of nitrogens with one attached hydrogen (secondary N) is 1. The molecule has 0 amide bonds. The number of rotatable bonds is 5. The summed E-state index contributed by atoms with van der Waals surface area (Å²) in [5.74, 6) is 1.23. The number of nitrogens with two attached hydrogens (primary N) is 1. The fraction of sp³-hybridized carbons (Fsp3) is 0.600. The maximum Gasteiger partial charge on any atom is 0.218 e. The molecule has 2 saturated carbocycles. The Morgan fingerprint density at radius 1 is 1.35 bits per heavy atom. The van der Waals surface area contributed by atoms with Crippen LogP contribution in [0.2, 0.25) is 0 Å². The molecule has 5 nitrogen and oxygen atoms in total. The standard InChI is InChI=1S/C15H22N4O/c16-15(19-12-7-8-12)18-10-11-4-3-9-17-14(11)20-13-5-1-2-6-13/h3-4,9,12-13H,1-2,5-8,10H2,(H3,16,18,19). The minimum absolute atomic E-state index is 0.314. The van der Waals surface area contributed by atoms with E-state index in [9.17, 15) is 0 Å². The van der Waals surface area contributed by atoms with Crippen LogP contribution in [-0.2, 0) is 6.54 Å². The van der Waals surface area contributed by atoms with Crippen LogP contribution in [0, 0.1) is 0 Å². The van der Waals surface area contributed by atoms with Gasteiger partial charge in [-0.2, -0.15) is 0 Å². The predicted octanol–water partition coefficient (Wildman–Crippen LogP) is 1.97. The van der Waals surface area contributed by atoms with Gasteiger partial charge >= 0.3 is 0 Å². The van der Waals surface area contributed by atoms with E-state index in [4.69, 9.17) is 10.5 Å². The Balaban J connectivity index is 1.62. The monoisotopic (exact) mass is 274 g/mol. The van der Waals surface area contributed by atoms with Crippen molar-refractivity contribution in [3.63, 3.8) is 0 Å². The van der Waals surface area contributed by atoms with E-state index in [1.165, 1.54) is 25.7 Å². The van der Waals surface area contributed by atoms with Crippen molar-refractivity contribution in [2.24, 2.45) is 10.7 Å². The van der Waals surface area contributed by atoms with Gasteiger partial charge in [-0.05, 0) is 44.6 Å².